The molecule has 0 unspecified atom stereocenters. The first-order chi connectivity index (χ1) is 4.98. The highest BCUT2D eigenvalue weighted by Crippen LogP contribution is 1.92. The maximum Gasteiger partial charge on any atom is 0.218 e. The van der Waals surface area contributed by atoms with Crippen molar-refractivity contribution in [3.63, 3.8) is 0 Å². The fourth-order valence-electron chi connectivity index (χ4n) is 0.497. The van der Waals surface area contributed by atoms with Crippen molar-refractivity contribution in [1.29, 1.82) is 0 Å². The Balaban J connectivity index is 3.84. The summed E-state index contributed by atoms with van der Waals surface area (Å²) in [6.07, 6.45) is -0.178. The van der Waals surface area contributed by atoms with Crippen LogP contribution in [0.3, 0.4) is 0 Å². The minimum Gasteiger partial charge on any atom is -0.395 e. The third-order valence-electron chi connectivity index (χ3n) is 1.06. The summed E-state index contributed by atoms with van der Waals surface area (Å²) in [6, 6.07) is 0. The summed E-state index contributed by atoms with van der Waals surface area (Å²) in [7, 11) is -3.28. The molecular weight excluding hydrogens is 170 g/mol. The van der Waals surface area contributed by atoms with Crippen LogP contribution in [0.15, 0.2) is 0 Å². The lowest BCUT2D eigenvalue weighted by Crippen LogP contribution is -2.20. The van der Waals surface area contributed by atoms with Gasteiger partial charge in [0.05, 0.1) is 18.1 Å². The van der Waals surface area contributed by atoms with Gasteiger partial charge in [-0.1, -0.05) is 0 Å². The van der Waals surface area contributed by atoms with Crippen molar-refractivity contribution in [2.75, 3.05) is 18.1 Å². The van der Waals surface area contributed by atoms with E-state index in [1.807, 2.05) is 0 Å². The number of amides is 1. The lowest BCUT2D eigenvalue weighted by Gasteiger charge is -1.98. The molecule has 3 N–H and O–H groups in total. The third-order valence-corrected chi connectivity index (χ3v) is 2.69. The van der Waals surface area contributed by atoms with Gasteiger partial charge in [-0.2, -0.15) is 0 Å². The van der Waals surface area contributed by atoms with Gasteiger partial charge in [-0.15, -0.1) is 0 Å². The van der Waals surface area contributed by atoms with E-state index in [2.05, 4.69) is 0 Å². The van der Waals surface area contributed by atoms with E-state index in [4.69, 9.17) is 10.8 Å². The van der Waals surface area contributed by atoms with E-state index in [1.54, 1.807) is 0 Å². The van der Waals surface area contributed by atoms with E-state index >= 15 is 0 Å². The van der Waals surface area contributed by atoms with Gasteiger partial charge in [-0.05, 0) is 0 Å². The molecule has 66 valence electrons. The Kier molecular flexibility index (Phi) is 4.06. The lowest BCUT2D eigenvalue weighted by molar-refractivity contribution is -0.117. The molecule has 0 aromatic carbocycles. The van der Waals surface area contributed by atoms with Gasteiger partial charge in [-0.25, -0.2) is 8.42 Å². The summed E-state index contributed by atoms with van der Waals surface area (Å²) in [6.45, 7) is -0.416. The molecule has 0 saturated carbocycles. The topological polar surface area (TPSA) is 97.5 Å². The number of carbonyl (C=O) groups excluding carboxylic acids is 1. The molecule has 0 aliphatic heterocycles. The third kappa shape index (κ3) is 5.81. The highest BCUT2D eigenvalue weighted by molar-refractivity contribution is 7.91. The number of rotatable bonds is 5. The largest absolute Gasteiger partial charge is 0.395 e. The molecule has 0 atom stereocenters. The van der Waals surface area contributed by atoms with Crippen LogP contribution in [0.4, 0.5) is 0 Å². The Hall–Kier alpha value is -0.620. The van der Waals surface area contributed by atoms with Gasteiger partial charge in [0.1, 0.15) is 0 Å². The Morgan fingerprint density at radius 3 is 2.27 bits per heavy atom. The molecular formula is C5H11NO4S. The number of nitrogens with two attached hydrogens (primary N) is 1. The van der Waals surface area contributed by atoms with Crippen molar-refractivity contribution in [2.45, 2.75) is 6.42 Å². The first kappa shape index (κ1) is 10.4. The van der Waals surface area contributed by atoms with Crippen LogP contribution in [0, 0.1) is 0 Å². The van der Waals surface area contributed by atoms with Gasteiger partial charge in [0.15, 0.2) is 9.84 Å². The standard InChI is InChI=1S/C5H11NO4S/c6-5(8)1-3-11(9,10)4-2-7/h7H,1-4H2,(H2,6,8). The quantitative estimate of drug-likeness (QED) is 0.526. The second-order valence-electron chi connectivity index (χ2n) is 2.09. The maximum atomic E-state index is 10.8. The fraction of sp³-hybridized carbons (Fsp3) is 0.800. The second-order valence-corrected chi connectivity index (χ2v) is 4.40. The van der Waals surface area contributed by atoms with Crippen LogP contribution in [0.25, 0.3) is 0 Å². The van der Waals surface area contributed by atoms with Crippen molar-refractivity contribution in [3.8, 4) is 0 Å². The molecule has 0 aromatic heterocycles. The minimum absolute atomic E-state index is 0.178. The van der Waals surface area contributed by atoms with E-state index in [9.17, 15) is 13.2 Å². The number of aliphatic hydroxyl groups excluding tert-OH is 1. The van der Waals surface area contributed by atoms with Crippen molar-refractivity contribution in [1.82, 2.24) is 0 Å². The smallest absolute Gasteiger partial charge is 0.218 e. The van der Waals surface area contributed by atoms with Gasteiger partial charge in [0.25, 0.3) is 0 Å². The Morgan fingerprint density at radius 1 is 1.36 bits per heavy atom. The van der Waals surface area contributed by atoms with Crippen LogP contribution in [0.2, 0.25) is 0 Å². The predicted molar refractivity (Wildman–Crippen MR) is 39.6 cm³/mol. The van der Waals surface area contributed by atoms with Crippen molar-refractivity contribution >= 4 is 15.7 Å². The first-order valence-corrected chi connectivity index (χ1v) is 4.89. The zero-order chi connectivity index (χ0) is 8.91. The summed E-state index contributed by atoms with van der Waals surface area (Å²) in [4.78, 5) is 10.1. The monoisotopic (exact) mass is 181 g/mol. The van der Waals surface area contributed by atoms with Crippen LogP contribution in [-0.2, 0) is 14.6 Å². The van der Waals surface area contributed by atoms with Crippen molar-refractivity contribution in [2.24, 2.45) is 5.73 Å². The number of sulfone groups is 1. The van der Waals surface area contributed by atoms with Crippen LogP contribution in [0.1, 0.15) is 6.42 Å². The Morgan fingerprint density at radius 2 is 1.91 bits per heavy atom. The van der Waals surface area contributed by atoms with Gasteiger partial charge in [0.2, 0.25) is 5.91 Å². The highest BCUT2D eigenvalue weighted by atomic mass is 32.2. The average molecular weight is 181 g/mol. The van der Waals surface area contributed by atoms with Crippen LogP contribution in [0.5, 0.6) is 0 Å². The van der Waals surface area contributed by atoms with Gasteiger partial charge in [-0.3, -0.25) is 4.79 Å². The van der Waals surface area contributed by atoms with Crippen molar-refractivity contribution in [3.05, 3.63) is 0 Å². The summed E-state index contributed by atoms with van der Waals surface area (Å²) in [5.41, 5.74) is 4.73. The van der Waals surface area contributed by atoms with Gasteiger partial charge < -0.3 is 10.8 Å². The lowest BCUT2D eigenvalue weighted by atomic mass is 10.5. The number of hydrogen-bond acceptors (Lipinski definition) is 4. The van der Waals surface area contributed by atoms with Crippen LogP contribution in [-0.4, -0.2) is 37.5 Å². The Bertz CT molecular complexity index is 221. The molecule has 11 heavy (non-hydrogen) atoms. The fourth-order valence-corrected chi connectivity index (χ4v) is 1.49. The number of hydrogen-bond donors (Lipinski definition) is 2. The molecule has 6 heteroatoms. The summed E-state index contributed by atoms with van der Waals surface area (Å²) >= 11 is 0. The van der Waals surface area contributed by atoms with Crippen LogP contribution < -0.4 is 5.73 Å². The summed E-state index contributed by atoms with van der Waals surface area (Å²) in [5.74, 6) is -1.23. The van der Waals surface area contributed by atoms with E-state index in [-0.39, 0.29) is 17.9 Å². The molecule has 0 aliphatic carbocycles. The molecule has 1 amide bonds. The van der Waals surface area contributed by atoms with E-state index < -0.39 is 22.4 Å². The number of aliphatic hydroxyl groups is 1. The second kappa shape index (κ2) is 4.30. The zero-order valence-corrected chi connectivity index (χ0v) is 6.80. The van der Waals surface area contributed by atoms with E-state index in [1.165, 1.54) is 0 Å². The van der Waals surface area contributed by atoms with Crippen LogP contribution >= 0.6 is 0 Å². The minimum atomic E-state index is -3.28. The molecule has 0 spiro atoms. The molecule has 0 rings (SSSR count). The molecule has 0 bridgehead atoms. The average Bonchev–Trinajstić information content (AvgIpc) is 1.84. The normalized spacial score (nSPS) is 11.4. The predicted octanol–water partition coefficient (Wildman–Crippen LogP) is -1.73. The molecule has 0 saturated heterocycles. The van der Waals surface area contributed by atoms with Crippen molar-refractivity contribution < 1.29 is 18.3 Å². The maximum absolute atomic E-state index is 10.8. The zero-order valence-electron chi connectivity index (χ0n) is 5.99. The van der Waals surface area contributed by atoms with E-state index in [0.29, 0.717) is 0 Å². The molecule has 0 radical (unpaired) electrons. The molecule has 5 nitrogen and oxygen atoms in total. The van der Waals surface area contributed by atoms with Gasteiger partial charge >= 0.3 is 0 Å². The highest BCUT2D eigenvalue weighted by Gasteiger charge is 2.10. The number of carbonyl (C=O) groups is 1. The Labute approximate surface area is 65.1 Å². The summed E-state index contributed by atoms with van der Waals surface area (Å²) < 4.78 is 21.5. The summed E-state index contributed by atoms with van der Waals surface area (Å²) in [5, 5.41) is 8.27. The molecule has 0 aliphatic rings. The first-order valence-electron chi connectivity index (χ1n) is 3.07. The molecule has 0 fully saturated rings. The SMILES string of the molecule is NC(=O)CCS(=O)(=O)CCO. The molecule has 0 aromatic rings. The molecule has 0 heterocycles. The van der Waals surface area contributed by atoms with E-state index in [0.717, 1.165) is 0 Å². The number of primary amides is 1. The van der Waals surface area contributed by atoms with Gasteiger partial charge in [0, 0.05) is 6.42 Å².